The third-order valence-electron chi connectivity index (χ3n) is 3.27. The molecule has 0 aromatic heterocycles. The van der Waals surface area contributed by atoms with Crippen molar-refractivity contribution in [2.24, 2.45) is 5.73 Å². The SMILES string of the molecule is CN1CCOCC1.Cc1cc(CC=O)cc(C(N)=O)c1N. The minimum atomic E-state index is -0.571. The van der Waals surface area contributed by atoms with E-state index in [0.717, 1.165) is 43.7 Å². The maximum atomic E-state index is 11.0. The minimum absolute atomic E-state index is 0.265. The normalized spacial score (nSPS) is 15.0. The first-order valence-corrected chi connectivity index (χ1v) is 6.84. The molecule has 116 valence electrons. The van der Waals surface area contributed by atoms with Crippen molar-refractivity contribution >= 4 is 17.9 Å². The van der Waals surface area contributed by atoms with Gasteiger partial charge in [-0.15, -0.1) is 0 Å². The van der Waals surface area contributed by atoms with Crippen LogP contribution in [0.15, 0.2) is 12.1 Å². The summed E-state index contributed by atoms with van der Waals surface area (Å²) in [6.07, 6.45) is 1.04. The fourth-order valence-electron chi connectivity index (χ4n) is 1.95. The standard InChI is InChI=1S/C10H12N2O2.C5H11NO/c1-6-4-7(2-3-13)5-8(9(6)11)10(12)14;1-6-2-4-7-5-3-6/h3-5H,2,11H2,1H3,(H2,12,14);2-5H2,1H3. The molecule has 1 aromatic carbocycles. The van der Waals surface area contributed by atoms with Gasteiger partial charge in [0.15, 0.2) is 0 Å². The predicted octanol–water partition coefficient (Wildman–Crippen LogP) is 0.366. The van der Waals surface area contributed by atoms with Crippen molar-refractivity contribution in [3.05, 3.63) is 28.8 Å². The lowest BCUT2D eigenvalue weighted by molar-refractivity contribution is -0.107. The Morgan fingerprint density at radius 2 is 2.00 bits per heavy atom. The fourth-order valence-corrected chi connectivity index (χ4v) is 1.95. The number of primary amides is 1. The molecule has 1 heterocycles. The molecule has 1 aliphatic heterocycles. The highest BCUT2D eigenvalue weighted by atomic mass is 16.5. The molecule has 1 saturated heterocycles. The van der Waals surface area contributed by atoms with E-state index in [1.54, 1.807) is 19.1 Å². The highest BCUT2D eigenvalue weighted by Crippen LogP contribution is 2.19. The van der Waals surface area contributed by atoms with Crippen LogP contribution in [0.25, 0.3) is 0 Å². The smallest absolute Gasteiger partial charge is 0.250 e. The summed E-state index contributed by atoms with van der Waals surface area (Å²) in [6.45, 7) is 5.79. The van der Waals surface area contributed by atoms with E-state index in [-0.39, 0.29) is 12.0 Å². The van der Waals surface area contributed by atoms with Crippen LogP contribution < -0.4 is 11.5 Å². The van der Waals surface area contributed by atoms with Gasteiger partial charge in [-0.1, -0.05) is 6.07 Å². The molecule has 4 N–H and O–H groups in total. The average molecular weight is 293 g/mol. The van der Waals surface area contributed by atoms with E-state index in [2.05, 4.69) is 11.9 Å². The molecule has 0 unspecified atom stereocenters. The lowest BCUT2D eigenvalue weighted by Crippen LogP contribution is -2.32. The third-order valence-corrected chi connectivity index (χ3v) is 3.27. The van der Waals surface area contributed by atoms with Gasteiger partial charge in [0.05, 0.1) is 18.8 Å². The number of anilines is 1. The molecule has 6 nitrogen and oxygen atoms in total. The van der Waals surface area contributed by atoms with Crippen LogP contribution in [0.1, 0.15) is 21.5 Å². The van der Waals surface area contributed by atoms with E-state index in [1.165, 1.54) is 0 Å². The van der Waals surface area contributed by atoms with Crippen LogP contribution in [0.2, 0.25) is 0 Å². The number of hydrogen-bond acceptors (Lipinski definition) is 5. The van der Waals surface area contributed by atoms with Gasteiger partial charge in [0, 0.05) is 25.2 Å². The van der Waals surface area contributed by atoms with Gasteiger partial charge in [-0.25, -0.2) is 0 Å². The molecule has 1 fully saturated rings. The lowest BCUT2D eigenvalue weighted by atomic mass is 10.0. The number of likely N-dealkylation sites (N-methyl/N-ethyl adjacent to an activating group) is 1. The monoisotopic (exact) mass is 293 g/mol. The molecule has 0 bridgehead atoms. The van der Waals surface area contributed by atoms with Gasteiger partial charge in [-0.05, 0) is 31.2 Å². The first-order chi connectivity index (χ1) is 9.95. The Kier molecular flexibility index (Phi) is 6.84. The summed E-state index contributed by atoms with van der Waals surface area (Å²) >= 11 is 0. The topological polar surface area (TPSA) is 98.6 Å². The van der Waals surface area contributed by atoms with Gasteiger partial charge < -0.3 is 25.9 Å². The molecule has 21 heavy (non-hydrogen) atoms. The highest BCUT2D eigenvalue weighted by molar-refractivity contribution is 5.98. The summed E-state index contributed by atoms with van der Waals surface area (Å²) in [7, 11) is 2.11. The van der Waals surface area contributed by atoms with Gasteiger partial charge in [-0.3, -0.25) is 4.79 Å². The number of amides is 1. The van der Waals surface area contributed by atoms with Gasteiger partial charge in [0.2, 0.25) is 0 Å². The first-order valence-electron chi connectivity index (χ1n) is 6.84. The van der Waals surface area contributed by atoms with Crippen molar-refractivity contribution in [2.75, 3.05) is 39.1 Å². The molecule has 1 aromatic rings. The summed E-state index contributed by atoms with van der Waals surface area (Å²) in [4.78, 5) is 23.6. The molecule has 2 rings (SSSR count). The number of nitrogens with two attached hydrogens (primary N) is 2. The lowest BCUT2D eigenvalue weighted by Gasteiger charge is -2.21. The highest BCUT2D eigenvalue weighted by Gasteiger charge is 2.09. The van der Waals surface area contributed by atoms with E-state index in [1.807, 2.05) is 0 Å². The number of carbonyl (C=O) groups is 2. The molecule has 0 saturated carbocycles. The van der Waals surface area contributed by atoms with Crippen LogP contribution in [0.5, 0.6) is 0 Å². The Balaban J connectivity index is 0.000000262. The molecule has 0 atom stereocenters. The number of carbonyl (C=O) groups excluding carboxylic acids is 2. The first kappa shape index (κ1) is 17.1. The second-order valence-corrected chi connectivity index (χ2v) is 5.02. The Morgan fingerprint density at radius 1 is 1.38 bits per heavy atom. The molecular weight excluding hydrogens is 270 g/mol. The number of aldehydes is 1. The second kappa shape index (κ2) is 8.39. The number of rotatable bonds is 3. The summed E-state index contributed by atoms with van der Waals surface area (Å²) in [5.74, 6) is -0.571. The molecule has 0 aliphatic carbocycles. The second-order valence-electron chi connectivity index (χ2n) is 5.02. The van der Waals surface area contributed by atoms with E-state index >= 15 is 0 Å². The zero-order valence-corrected chi connectivity index (χ0v) is 12.6. The third kappa shape index (κ3) is 5.53. The van der Waals surface area contributed by atoms with Gasteiger partial charge in [0.25, 0.3) is 5.91 Å². The van der Waals surface area contributed by atoms with E-state index < -0.39 is 5.91 Å². The van der Waals surface area contributed by atoms with Crippen molar-refractivity contribution in [2.45, 2.75) is 13.3 Å². The number of aryl methyl sites for hydroxylation is 1. The van der Waals surface area contributed by atoms with Crippen molar-refractivity contribution in [3.8, 4) is 0 Å². The van der Waals surface area contributed by atoms with E-state index in [0.29, 0.717) is 5.69 Å². The molecule has 1 aliphatic rings. The van der Waals surface area contributed by atoms with Crippen LogP contribution in [0.3, 0.4) is 0 Å². The summed E-state index contributed by atoms with van der Waals surface area (Å²) in [6, 6.07) is 3.33. The zero-order valence-electron chi connectivity index (χ0n) is 12.6. The van der Waals surface area contributed by atoms with Crippen LogP contribution in [-0.2, 0) is 16.0 Å². The molecule has 1 amide bonds. The summed E-state index contributed by atoms with van der Waals surface area (Å²) in [5, 5.41) is 0. The van der Waals surface area contributed by atoms with Gasteiger partial charge in [0.1, 0.15) is 6.29 Å². The number of nitrogen functional groups attached to an aromatic ring is 1. The molecule has 6 heteroatoms. The number of ether oxygens (including phenoxy) is 1. The van der Waals surface area contributed by atoms with Crippen molar-refractivity contribution < 1.29 is 14.3 Å². The largest absolute Gasteiger partial charge is 0.398 e. The van der Waals surface area contributed by atoms with Crippen molar-refractivity contribution in [1.82, 2.24) is 4.90 Å². The van der Waals surface area contributed by atoms with Crippen LogP contribution in [0, 0.1) is 6.92 Å². The van der Waals surface area contributed by atoms with Crippen LogP contribution in [0.4, 0.5) is 5.69 Å². The number of morpholine rings is 1. The molecular formula is C15H23N3O3. The predicted molar refractivity (Wildman–Crippen MR) is 82.2 cm³/mol. The molecule has 0 radical (unpaired) electrons. The Hall–Kier alpha value is -1.92. The zero-order chi connectivity index (χ0) is 15.8. The van der Waals surface area contributed by atoms with Crippen LogP contribution in [-0.4, -0.2) is 50.4 Å². The number of nitrogens with zero attached hydrogens (tertiary/aromatic N) is 1. The fraction of sp³-hybridized carbons (Fsp3) is 0.467. The Bertz CT molecular complexity index is 497. The molecule has 0 spiro atoms. The van der Waals surface area contributed by atoms with Crippen LogP contribution >= 0.6 is 0 Å². The summed E-state index contributed by atoms with van der Waals surface area (Å²) < 4.78 is 5.10. The van der Waals surface area contributed by atoms with Crippen molar-refractivity contribution in [3.63, 3.8) is 0 Å². The van der Waals surface area contributed by atoms with Gasteiger partial charge in [-0.2, -0.15) is 0 Å². The quantitative estimate of drug-likeness (QED) is 0.619. The average Bonchev–Trinajstić information content (AvgIpc) is 2.44. The van der Waals surface area contributed by atoms with Crippen molar-refractivity contribution in [1.29, 1.82) is 0 Å². The van der Waals surface area contributed by atoms with E-state index in [4.69, 9.17) is 16.2 Å². The summed E-state index contributed by atoms with van der Waals surface area (Å²) in [5.41, 5.74) is 13.0. The maximum absolute atomic E-state index is 11.0. The van der Waals surface area contributed by atoms with Gasteiger partial charge >= 0.3 is 0 Å². The number of hydrogen-bond donors (Lipinski definition) is 2. The Labute approximate surface area is 125 Å². The Morgan fingerprint density at radius 3 is 2.43 bits per heavy atom. The number of benzene rings is 1. The minimum Gasteiger partial charge on any atom is -0.398 e. The maximum Gasteiger partial charge on any atom is 0.250 e. The van der Waals surface area contributed by atoms with E-state index in [9.17, 15) is 9.59 Å².